The average molecular weight is 376 g/mol. The van der Waals surface area contributed by atoms with Crippen molar-refractivity contribution in [2.24, 2.45) is 29.6 Å². The molecule has 1 N–H and O–H groups in total. The molecular formula is C26H49N. The molecule has 0 atom stereocenters. The van der Waals surface area contributed by atoms with Gasteiger partial charge in [0.15, 0.2) is 0 Å². The number of hydrogen-bond acceptors (Lipinski definition) is 1. The van der Waals surface area contributed by atoms with Crippen LogP contribution in [0, 0.1) is 29.6 Å². The van der Waals surface area contributed by atoms with Crippen LogP contribution in [0.3, 0.4) is 0 Å². The van der Waals surface area contributed by atoms with Crippen LogP contribution in [0.1, 0.15) is 122 Å². The molecule has 3 aliphatic rings. The van der Waals surface area contributed by atoms with Crippen molar-refractivity contribution in [2.45, 2.75) is 129 Å². The molecular weight excluding hydrogens is 326 g/mol. The van der Waals surface area contributed by atoms with E-state index >= 15 is 0 Å². The van der Waals surface area contributed by atoms with E-state index in [-0.39, 0.29) is 0 Å². The van der Waals surface area contributed by atoms with Crippen LogP contribution in [0.5, 0.6) is 0 Å². The van der Waals surface area contributed by atoms with Crippen LogP contribution in [0.4, 0.5) is 0 Å². The molecule has 0 radical (unpaired) electrons. The van der Waals surface area contributed by atoms with Crippen LogP contribution in [0.15, 0.2) is 0 Å². The van der Waals surface area contributed by atoms with Crippen LogP contribution in [-0.2, 0) is 0 Å². The summed E-state index contributed by atoms with van der Waals surface area (Å²) in [5, 5.41) is 3.50. The zero-order chi connectivity index (χ0) is 18.9. The minimum absolute atomic E-state index is 0.819. The fraction of sp³-hybridized carbons (Fsp3) is 1.00. The van der Waals surface area contributed by atoms with Gasteiger partial charge in [0.25, 0.3) is 0 Å². The predicted octanol–water partition coefficient (Wildman–Crippen LogP) is 7.74. The third-order valence-corrected chi connectivity index (χ3v) is 8.90. The average Bonchev–Trinajstić information content (AvgIpc) is 2.74. The maximum absolute atomic E-state index is 3.50. The van der Waals surface area contributed by atoms with Gasteiger partial charge in [-0.1, -0.05) is 84.0 Å². The Morgan fingerprint density at radius 1 is 0.556 bits per heavy atom. The smallest absolute Gasteiger partial charge is 0.00642 e. The molecule has 0 spiro atoms. The van der Waals surface area contributed by atoms with Crippen molar-refractivity contribution in [3.63, 3.8) is 0 Å². The second-order valence-electron chi connectivity index (χ2n) is 10.6. The second kappa shape index (κ2) is 11.8. The zero-order valence-corrected chi connectivity index (χ0v) is 18.7. The fourth-order valence-electron chi connectivity index (χ4n) is 6.79. The maximum Gasteiger partial charge on any atom is 0.00642 e. The van der Waals surface area contributed by atoms with E-state index in [1.54, 1.807) is 64.2 Å². The first kappa shape index (κ1) is 21.7. The lowest BCUT2D eigenvalue weighted by Gasteiger charge is -2.38. The fourth-order valence-corrected chi connectivity index (χ4v) is 6.79. The van der Waals surface area contributed by atoms with Gasteiger partial charge in [-0.2, -0.15) is 0 Å². The highest BCUT2D eigenvalue weighted by molar-refractivity contribution is 4.84. The molecule has 3 saturated carbocycles. The number of hydrogen-bond donors (Lipinski definition) is 1. The molecule has 3 aliphatic carbocycles. The molecule has 0 aromatic carbocycles. The van der Waals surface area contributed by atoms with E-state index in [2.05, 4.69) is 19.3 Å². The van der Waals surface area contributed by atoms with E-state index in [4.69, 9.17) is 0 Å². The van der Waals surface area contributed by atoms with Gasteiger partial charge in [-0.3, -0.25) is 0 Å². The Kier molecular flexibility index (Phi) is 9.50. The first-order valence-electron chi connectivity index (χ1n) is 13.0. The van der Waals surface area contributed by atoms with Crippen molar-refractivity contribution < 1.29 is 0 Å². The van der Waals surface area contributed by atoms with E-state index in [1.807, 2.05) is 0 Å². The Labute approximate surface area is 170 Å². The van der Waals surface area contributed by atoms with E-state index in [0.29, 0.717) is 0 Å². The van der Waals surface area contributed by atoms with Crippen molar-refractivity contribution in [1.82, 2.24) is 5.32 Å². The Hall–Kier alpha value is -0.0400. The lowest BCUT2D eigenvalue weighted by molar-refractivity contribution is 0.146. The third kappa shape index (κ3) is 7.06. The molecule has 0 aliphatic heterocycles. The summed E-state index contributed by atoms with van der Waals surface area (Å²) in [6.45, 7) is 2.33. The van der Waals surface area contributed by atoms with Gasteiger partial charge in [-0.05, 0) is 75.2 Å². The molecule has 0 heterocycles. The molecule has 0 aromatic heterocycles. The van der Waals surface area contributed by atoms with Gasteiger partial charge in [0.1, 0.15) is 0 Å². The van der Waals surface area contributed by atoms with Crippen LogP contribution in [0.2, 0.25) is 0 Å². The van der Waals surface area contributed by atoms with Crippen LogP contribution < -0.4 is 5.32 Å². The second-order valence-corrected chi connectivity index (χ2v) is 10.6. The molecule has 0 saturated heterocycles. The SMILES string of the molecule is CCCCCC1CCC(CCC2CCC(C3CCC(NC)CC3)CC2)CC1. The van der Waals surface area contributed by atoms with Crippen molar-refractivity contribution >= 4 is 0 Å². The van der Waals surface area contributed by atoms with Crippen LogP contribution in [0.25, 0.3) is 0 Å². The molecule has 0 amide bonds. The molecule has 1 heteroatoms. The van der Waals surface area contributed by atoms with Crippen LogP contribution >= 0.6 is 0 Å². The van der Waals surface area contributed by atoms with Gasteiger partial charge in [-0.15, -0.1) is 0 Å². The summed E-state index contributed by atoms with van der Waals surface area (Å²) in [7, 11) is 2.15. The highest BCUT2D eigenvalue weighted by Crippen LogP contribution is 2.42. The molecule has 27 heavy (non-hydrogen) atoms. The summed E-state index contributed by atoms with van der Waals surface area (Å²) in [6, 6.07) is 0.819. The molecule has 0 unspecified atom stereocenters. The Bertz CT molecular complexity index is 368. The van der Waals surface area contributed by atoms with Crippen LogP contribution in [-0.4, -0.2) is 13.1 Å². The summed E-state index contributed by atoms with van der Waals surface area (Å²) >= 11 is 0. The number of rotatable bonds is 9. The van der Waals surface area contributed by atoms with E-state index in [9.17, 15) is 0 Å². The van der Waals surface area contributed by atoms with Gasteiger partial charge in [0.2, 0.25) is 0 Å². The highest BCUT2D eigenvalue weighted by atomic mass is 14.9. The van der Waals surface area contributed by atoms with E-state index in [1.165, 1.54) is 51.4 Å². The van der Waals surface area contributed by atoms with Gasteiger partial charge < -0.3 is 5.32 Å². The predicted molar refractivity (Wildman–Crippen MR) is 119 cm³/mol. The zero-order valence-electron chi connectivity index (χ0n) is 18.7. The number of unbranched alkanes of at least 4 members (excludes halogenated alkanes) is 2. The van der Waals surface area contributed by atoms with Crippen molar-refractivity contribution in [3.05, 3.63) is 0 Å². The Morgan fingerprint density at radius 3 is 1.48 bits per heavy atom. The van der Waals surface area contributed by atoms with E-state index in [0.717, 1.165) is 35.6 Å². The monoisotopic (exact) mass is 375 g/mol. The lowest BCUT2D eigenvalue weighted by atomic mass is 9.69. The Morgan fingerprint density at radius 2 is 1.00 bits per heavy atom. The topological polar surface area (TPSA) is 12.0 Å². The molecule has 3 rings (SSSR count). The van der Waals surface area contributed by atoms with Crippen molar-refractivity contribution in [3.8, 4) is 0 Å². The van der Waals surface area contributed by atoms with Gasteiger partial charge >= 0.3 is 0 Å². The van der Waals surface area contributed by atoms with Crippen molar-refractivity contribution in [2.75, 3.05) is 7.05 Å². The third-order valence-electron chi connectivity index (χ3n) is 8.90. The largest absolute Gasteiger partial charge is 0.317 e. The summed E-state index contributed by atoms with van der Waals surface area (Å²) in [4.78, 5) is 0. The summed E-state index contributed by atoms with van der Waals surface area (Å²) in [5.74, 6) is 5.40. The molecule has 3 fully saturated rings. The number of nitrogens with one attached hydrogen (secondary N) is 1. The highest BCUT2D eigenvalue weighted by Gasteiger charge is 2.31. The molecule has 158 valence electrons. The van der Waals surface area contributed by atoms with Gasteiger partial charge in [-0.25, -0.2) is 0 Å². The summed E-state index contributed by atoms with van der Waals surface area (Å²) in [6.07, 6.45) is 27.3. The minimum Gasteiger partial charge on any atom is -0.317 e. The maximum atomic E-state index is 3.50. The normalized spacial score (nSPS) is 38.0. The lowest BCUT2D eigenvalue weighted by Crippen LogP contribution is -2.33. The van der Waals surface area contributed by atoms with Crippen molar-refractivity contribution in [1.29, 1.82) is 0 Å². The standard InChI is InChI=1S/C26H49N/c1-3-4-5-6-21-7-9-22(10-8-21)11-12-23-13-15-24(16-14-23)25-17-19-26(27-2)20-18-25/h21-27H,3-20H2,1-2H3. The molecule has 1 nitrogen and oxygen atoms in total. The molecule has 0 aromatic rings. The minimum atomic E-state index is 0.819. The van der Waals surface area contributed by atoms with Gasteiger partial charge in [0, 0.05) is 6.04 Å². The first-order chi connectivity index (χ1) is 13.3. The molecule has 0 bridgehead atoms. The summed E-state index contributed by atoms with van der Waals surface area (Å²) < 4.78 is 0. The quantitative estimate of drug-likeness (QED) is 0.406. The Balaban J connectivity index is 1.25. The van der Waals surface area contributed by atoms with Gasteiger partial charge in [0.05, 0.1) is 0 Å². The first-order valence-corrected chi connectivity index (χ1v) is 13.0. The summed E-state index contributed by atoms with van der Waals surface area (Å²) in [5.41, 5.74) is 0. The van der Waals surface area contributed by atoms with E-state index < -0.39 is 0 Å².